The number of rotatable bonds is 4. The molecule has 2 aromatic rings. The molecule has 106 valence electrons. The molecular weight excluding hydrogens is 307 g/mol. The third-order valence-corrected chi connectivity index (χ3v) is 3.66. The van der Waals surface area contributed by atoms with Gasteiger partial charge >= 0.3 is 0 Å². The van der Waals surface area contributed by atoms with Crippen LogP contribution in [0.1, 0.15) is 17.2 Å². The van der Waals surface area contributed by atoms with E-state index in [1.807, 2.05) is 18.2 Å². The predicted octanol–water partition coefficient (Wildman–Crippen LogP) is 3.92. The summed E-state index contributed by atoms with van der Waals surface area (Å²) >= 11 is 11.7. The summed E-state index contributed by atoms with van der Waals surface area (Å²) in [6.45, 7) is 0. The first-order valence-electron chi connectivity index (χ1n) is 6.28. The minimum absolute atomic E-state index is 0.141. The monoisotopic (exact) mass is 318 g/mol. The van der Waals surface area contributed by atoms with Gasteiger partial charge < -0.3 is 5.32 Å². The summed E-state index contributed by atoms with van der Waals surface area (Å²) in [4.78, 5) is 12.0. The van der Waals surface area contributed by atoms with E-state index in [0.29, 0.717) is 10.0 Å². The van der Waals surface area contributed by atoms with E-state index in [0.717, 1.165) is 11.1 Å². The van der Waals surface area contributed by atoms with Crippen LogP contribution in [0.15, 0.2) is 48.5 Å². The highest BCUT2D eigenvalue weighted by atomic mass is 35.5. The highest BCUT2D eigenvalue weighted by molar-refractivity contribution is 6.42. The number of halogens is 2. The van der Waals surface area contributed by atoms with Crippen LogP contribution in [0.3, 0.4) is 0 Å². The van der Waals surface area contributed by atoms with Gasteiger partial charge in [-0.15, -0.1) is 0 Å². The lowest BCUT2D eigenvalue weighted by atomic mass is 10.1. The maximum absolute atomic E-state index is 12.0. The lowest BCUT2D eigenvalue weighted by Gasteiger charge is -2.12. The Kier molecular flexibility index (Phi) is 5.21. The SMILES string of the molecule is N#CC(NC(=O)Cc1ccc(Cl)c(Cl)c1)c1ccccc1. The van der Waals surface area contributed by atoms with Crippen molar-refractivity contribution in [1.29, 1.82) is 5.26 Å². The zero-order valence-corrected chi connectivity index (χ0v) is 12.5. The van der Waals surface area contributed by atoms with Crippen molar-refractivity contribution in [2.45, 2.75) is 12.5 Å². The lowest BCUT2D eigenvalue weighted by Crippen LogP contribution is -2.28. The number of nitrogens with zero attached hydrogens (tertiary/aromatic N) is 1. The van der Waals surface area contributed by atoms with Gasteiger partial charge in [-0.1, -0.05) is 59.6 Å². The first-order chi connectivity index (χ1) is 10.1. The van der Waals surface area contributed by atoms with Crippen LogP contribution >= 0.6 is 23.2 Å². The molecule has 0 fully saturated rings. The van der Waals surface area contributed by atoms with Crippen LogP contribution in [-0.2, 0) is 11.2 Å². The van der Waals surface area contributed by atoms with Crippen molar-refractivity contribution in [3.63, 3.8) is 0 Å². The van der Waals surface area contributed by atoms with Crippen molar-refractivity contribution in [1.82, 2.24) is 5.32 Å². The van der Waals surface area contributed by atoms with Crippen LogP contribution in [0, 0.1) is 11.3 Å². The molecule has 0 aliphatic carbocycles. The third-order valence-electron chi connectivity index (χ3n) is 2.92. The largest absolute Gasteiger partial charge is 0.336 e. The fourth-order valence-electron chi connectivity index (χ4n) is 1.88. The van der Waals surface area contributed by atoms with Crippen LogP contribution in [-0.4, -0.2) is 5.91 Å². The number of carbonyl (C=O) groups excluding carboxylic acids is 1. The van der Waals surface area contributed by atoms with E-state index in [2.05, 4.69) is 11.4 Å². The minimum atomic E-state index is -0.665. The molecule has 21 heavy (non-hydrogen) atoms. The highest BCUT2D eigenvalue weighted by Gasteiger charge is 2.14. The van der Waals surface area contributed by atoms with Gasteiger partial charge in [0, 0.05) is 0 Å². The van der Waals surface area contributed by atoms with E-state index in [1.54, 1.807) is 30.3 Å². The van der Waals surface area contributed by atoms with Gasteiger partial charge in [-0.25, -0.2) is 0 Å². The molecule has 2 aromatic carbocycles. The van der Waals surface area contributed by atoms with E-state index in [4.69, 9.17) is 23.2 Å². The van der Waals surface area contributed by atoms with Gasteiger partial charge in [0.25, 0.3) is 0 Å². The topological polar surface area (TPSA) is 52.9 Å². The van der Waals surface area contributed by atoms with Gasteiger partial charge in [0.2, 0.25) is 5.91 Å². The number of amides is 1. The van der Waals surface area contributed by atoms with Crippen LogP contribution in [0.4, 0.5) is 0 Å². The zero-order chi connectivity index (χ0) is 15.2. The van der Waals surface area contributed by atoms with Crippen molar-refractivity contribution >= 4 is 29.1 Å². The first-order valence-corrected chi connectivity index (χ1v) is 7.03. The average molecular weight is 319 g/mol. The third kappa shape index (κ3) is 4.22. The normalized spacial score (nSPS) is 11.5. The molecule has 1 amide bonds. The van der Waals surface area contributed by atoms with E-state index in [1.165, 1.54) is 0 Å². The second-order valence-electron chi connectivity index (χ2n) is 4.47. The van der Waals surface area contributed by atoms with E-state index < -0.39 is 6.04 Å². The second-order valence-corrected chi connectivity index (χ2v) is 5.28. The summed E-state index contributed by atoms with van der Waals surface area (Å²) in [6, 6.07) is 15.5. The van der Waals surface area contributed by atoms with Crippen LogP contribution in [0.5, 0.6) is 0 Å². The van der Waals surface area contributed by atoms with Gasteiger partial charge in [-0.05, 0) is 23.3 Å². The number of benzene rings is 2. The number of nitriles is 1. The fourth-order valence-corrected chi connectivity index (χ4v) is 2.20. The Morgan fingerprint density at radius 1 is 1.14 bits per heavy atom. The van der Waals surface area contributed by atoms with Crippen molar-refractivity contribution in [3.05, 3.63) is 69.7 Å². The molecule has 0 aromatic heterocycles. The summed E-state index contributed by atoms with van der Waals surface area (Å²) in [6.07, 6.45) is 0.141. The van der Waals surface area contributed by atoms with E-state index in [-0.39, 0.29) is 12.3 Å². The average Bonchev–Trinajstić information content (AvgIpc) is 2.49. The van der Waals surface area contributed by atoms with Crippen molar-refractivity contribution < 1.29 is 4.79 Å². The second kappa shape index (κ2) is 7.12. The predicted molar refractivity (Wildman–Crippen MR) is 83.1 cm³/mol. The molecule has 1 atom stereocenters. The Morgan fingerprint density at radius 3 is 2.48 bits per heavy atom. The van der Waals surface area contributed by atoms with Crippen LogP contribution in [0.2, 0.25) is 10.0 Å². The van der Waals surface area contributed by atoms with Crippen molar-refractivity contribution in [2.75, 3.05) is 0 Å². The number of hydrogen-bond donors (Lipinski definition) is 1. The Balaban J connectivity index is 2.04. The van der Waals surface area contributed by atoms with Gasteiger partial charge in [0.1, 0.15) is 6.04 Å². The quantitative estimate of drug-likeness (QED) is 0.929. The van der Waals surface area contributed by atoms with Crippen LogP contribution in [0.25, 0.3) is 0 Å². The molecule has 0 aliphatic heterocycles. The number of hydrogen-bond acceptors (Lipinski definition) is 2. The summed E-state index contributed by atoms with van der Waals surface area (Å²) in [5.41, 5.74) is 1.49. The molecule has 0 saturated heterocycles. The van der Waals surface area contributed by atoms with E-state index in [9.17, 15) is 10.1 Å². The Labute approximate surface area is 133 Å². The molecule has 0 saturated carbocycles. The van der Waals surface area contributed by atoms with Crippen molar-refractivity contribution in [2.24, 2.45) is 0 Å². The molecule has 0 bridgehead atoms. The van der Waals surface area contributed by atoms with Gasteiger partial charge in [0.05, 0.1) is 22.5 Å². The molecular formula is C16H12Cl2N2O. The smallest absolute Gasteiger partial charge is 0.225 e. The minimum Gasteiger partial charge on any atom is -0.336 e. The van der Waals surface area contributed by atoms with Gasteiger partial charge in [0.15, 0.2) is 0 Å². The molecule has 1 N–H and O–H groups in total. The standard InChI is InChI=1S/C16H12Cl2N2O/c17-13-7-6-11(8-14(13)18)9-16(21)20-15(10-19)12-4-2-1-3-5-12/h1-8,15H,9H2,(H,20,21). The van der Waals surface area contributed by atoms with Gasteiger partial charge in [-0.2, -0.15) is 5.26 Å². The Bertz CT molecular complexity index is 680. The first kappa shape index (κ1) is 15.4. The molecule has 0 radical (unpaired) electrons. The molecule has 0 spiro atoms. The molecule has 0 aliphatic rings. The van der Waals surface area contributed by atoms with Crippen molar-refractivity contribution in [3.8, 4) is 6.07 Å². The molecule has 3 nitrogen and oxygen atoms in total. The maximum atomic E-state index is 12.0. The summed E-state index contributed by atoms with van der Waals surface area (Å²) in [7, 11) is 0. The molecule has 2 rings (SSSR count). The Hall–Kier alpha value is -2.02. The summed E-state index contributed by atoms with van der Waals surface area (Å²) in [5.74, 6) is -0.246. The number of carbonyl (C=O) groups is 1. The number of nitrogens with one attached hydrogen (secondary N) is 1. The lowest BCUT2D eigenvalue weighted by molar-refractivity contribution is -0.120. The van der Waals surface area contributed by atoms with Gasteiger partial charge in [-0.3, -0.25) is 4.79 Å². The fraction of sp³-hybridized carbons (Fsp3) is 0.125. The van der Waals surface area contributed by atoms with E-state index >= 15 is 0 Å². The molecule has 5 heteroatoms. The Morgan fingerprint density at radius 2 is 1.86 bits per heavy atom. The van der Waals surface area contributed by atoms with Crippen LogP contribution < -0.4 is 5.32 Å². The highest BCUT2D eigenvalue weighted by Crippen LogP contribution is 2.23. The maximum Gasteiger partial charge on any atom is 0.225 e. The molecule has 0 heterocycles. The zero-order valence-electron chi connectivity index (χ0n) is 11.0. The summed E-state index contributed by atoms with van der Waals surface area (Å²) in [5, 5.41) is 12.7. The summed E-state index contributed by atoms with van der Waals surface area (Å²) < 4.78 is 0. The molecule has 1 unspecified atom stereocenters.